The summed E-state index contributed by atoms with van der Waals surface area (Å²) in [7, 11) is -2.50. The van der Waals surface area contributed by atoms with Crippen LogP contribution in [-0.2, 0) is 17.2 Å². The third-order valence-corrected chi connectivity index (χ3v) is 4.10. The maximum atomic E-state index is 13.8. The molecule has 0 amide bonds. The van der Waals surface area contributed by atoms with E-state index in [2.05, 4.69) is 0 Å². The van der Waals surface area contributed by atoms with Crippen LogP contribution < -0.4 is 4.72 Å². The van der Waals surface area contributed by atoms with Gasteiger partial charge < -0.3 is 0 Å². The summed E-state index contributed by atoms with van der Waals surface area (Å²) in [6, 6.07) is 3.19. The molecule has 23 heavy (non-hydrogen) atoms. The number of anilines is 1. The second-order valence-corrected chi connectivity index (χ2v) is 5.73. The largest absolute Gasteiger partial charge is 0.416 e. The molecule has 1 atom stereocenters. The highest BCUT2D eigenvalue weighted by Gasteiger charge is 2.32. The van der Waals surface area contributed by atoms with Crippen LogP contribution in [0.15, 0.2) is 35.2 Å². The SMILES string of the molecule is Cc1c(F)ccc(NS(=O)c2cc(C(F)(F)F)ccc2F)c1F. The second kappa shape index (κ2) is 6.23. The fraction of sp³-hybridized carbons (Fsp3) is 0.143. The van der Waals surface area contributed by atoms with Crippen molar-refractivity contribution in [1.82, 2.24) is 0 Å². The lowest BCUT2D eigenvalue weighted by Crippen LogP contribution is -2.12. The summed E-state index contributed by atoms with van der Waals surface area (Å²) in [5.74, 6) is -3.06. The van der Waals surface area contributed by atoms with Gasteiger partial charge in [-0.1, -0.05) is 0 Å². The first-order chi connectivity index (χ1) is 10.6. The van der Waals surface area contributed by atoms with Crippen molar-refractivity contribution >= 4 is 16.7 Å². The van der Waals surface area contributed by atoms with E-state index in [1.54, 1.807) is 0 Å². The van der Waals surface area contributed by atoms with E-state index in [0.29, 0.717) is 18.2 Å². The molecule has 0 saturated carbocycles. The Morgan fingerprint density at radius 2 is 1.61 bits per heavy atom. The molecule has 0 spiro atoms. The summed E-state index contributed by atoms with van der Waals surface area (Å²) in [5, 5.41) is 0. The number of alkyl halides is 3. The molecule has 0 aromatic heterocycles. The Morgan fingerprint density at radius 1 is 1.00 bits per heavy atom. The van der Waals surface area contributed by atoms with Crippen LogP contribution in [0.3, 0.4) is 0 Å². The quantitative estimate of drug-likeness (QED) is 0.805. The number of hydrogen-bond donors (Lipinski definition) is 1. The summed E-state index contributed by atoms with van der Waals surface area (Å²) in [6.07, 6.45) is -4.75. The van der Waals surface area contributed by atoms with Gasteiger partial charge in [0.25, 0.3) is 0 Å². The maximum Gasteiger partial charge on any atom is 0.416 e. The predicted octanol–water partition coefficient (Wildman–Crippen LogP) is 4.57. The lowest BCUT2D eigenvalue weighted by atomic mass is 10.2. The molecular formula is C14H9F6NOS. The van der Waals surface area contributed by atoms with Crippen LogP contribution in [0.1, 0.15) is 11.1 Å². The molecule has 1 N–H and O–H groups in total. The van der Waals surface area contributed by atoms with E-state index in [-0.39, 0.29) is 5.56 Å². The zero-order chi connectivity index (χ0) is 17.4. The summed E-state index contributed by atoms with van der Waals surface area (Å²) in [5.41, 5.74) is -1.98. The van der Waals surface area contributed by atoms with Crippen molar-refractivity contribution in [1.29, 1.82) is 0 Å². The van der Waals surface area contributed by atoms with Gasteiger partial charge >= 0.3 is 6.18 Å². The first-order valence-corrected chi connectivity index (χ1v) is 7.26. The molecule has 0 fully saturated rings. The van der Waals surface area contributed by atoms with Crippen LogP contribution in [0.4, 0.5) is 32.0 Å². The molecule has 1 unspecified atom stereocenters. The lowest BCUT2D eigenvalue weighted by molar-refractivity contribution is -0.137. The van der Waals surface area contributed by atoms with E-state index in [4.69, 9.17) is 0 Å². The minimum atomic E-state index is -4.75. The van der Waals surface area contributed by atoms with E-state index in [0.717, 1.165) is 19.1 Å². The van der Waals surface area contributed by atoms with Crippen LogP contribution >= 0.6 is 0 Å². The lowest BCUT2D eigenvalue weighted by Gasteiger charge is -2.12. The molecule has 0 saturated heterocycles. The van der Waals surface area contributed by atoms with Gasteiger partial charge in [-0.2, -0.15) is 13.2 Å². The van der Waals surface area contributed by atoms with Crippen LogP contribution in [0.5, 0.6) is 0 Å². The fourth-order valence-electron chi connectivity index (χ4n) is 1.72. The fourth-order valence-corrected chi connectivity index (χ4v) is 2.66. The molecule has 0 aliphatic rings. The molecule has 2 rings (SSSR count). The van der Waals surface area contributed by atoms with Gasteiger partial charge in [0.15, 0.2) is 16.8 Å². The zero-order valence-corrected chi connectivity index (χ0v) is 12.3. The first kappa shape index (κ1) is 17.3. The predicted molar refractivity (Wildman–Crippen MR) is 72.5 cm³/mol. The average molecular weight is 353 g/mol. The van der Waals surface area contributed by atoms with Crippen molar-refractivity contribution in [3.8, 4) is 0 Å². The van der Waals surface area contributed by atoms with Gasteiger partial charge in [-0.3, -0.25) is 4.72 Å². The third-order valence-electron chi connectivity index (χ3n) is 2.98. The Balaban J connectivity index is 2.37. The van der Waals surface area contributed by atoms with Crippen molar-refractivity contribution in [2.24, 2.45) is 0 Å². The molecule has 9 heteroatoms. The molecule has 2 aromatic rings. The Labute approximate surface area is 129 Å². The Hall–Kier alpha value is -2.03. The van der Waals surface area contributed by atoms with E-state index in [1.165, 1.54) is 0 Å². The van der Waals surface area contributed by atoms with E-state index in [9.17, 15) is 30.6 Å². The van der Waals surface area contributed by atoms with Crippen LogP contribution in [0.2, 0.25) is 0 Å². The normalized spacial score (nSPS) is 13.0. The Bertz CT molecular complexity index is 775. The monoisotopic (exact) mass is 353 g/mol. The number of benzene rings is 2. The molecule has 124 valence electrons. The Kier molecular flexibility index (Phi) is 4.69. The van der Waals surface area contributed by atoms with Gasteiger partial charge in [0.05, 0.1) is 16.1 Å². The molecule has 0 aliphatic carbocycles. The molecule has 0 radical (unpaired) electrons. The van der Waals surface area contributed by atoms with E-state index >= 15 is 0 Å². The second-order valence-electron chi connectivity index (χ2n) is 4.55. The molecule has 0 bridgehead atoms. The van der Waals surface area contributed by atoms with Gasteiger partial charge in [-0.05, 0) is 37.3 Å². The van der Waals surface area contributed by atoms with Crippen molar-refractivity contribution < 1.29 is 30.6 Å². The zero-order valence-electron chi connectivity index (χ0n) is 11.5. The molecule has 2 nitrogen and oxygen atoms in total. The number of halogens is 6. The topological polar surface area (TPSA) is 29.1 Å². The molecule has 0 aliphatic heterocycles. The van der Waals surface area contributed by atoms with Crippen molar-refractivity contribution in [3.63, 3.8) is 0 Å². The van der Waals surface area contributed by atoms with Gasteiger partial charge in [0.2, 0.25) is 0 Å². The summed E-state index contributed by atoms with van der Waals surface area (Å²) >= 11 is 0. The highest BCUT2D eigenvalue weighted by Crippen LogP contribution is 2.31. The first-order valence-electron chi connectivity index (χ1n) is 6.11. The van der Waals surface area contributed by atoms with Crippen LogP contribution in [0.25, 0.3) is 0 Å². The molecule has 0 heterocycles. The highest BCUT2D eigenvalue weighted by molar-refractivity contribution is 7.86. The summed E-state index contributed by atoms with van der Waals surface area (Å²) in [4.78, 5) is -0.791. The smallest absolute Gasteiger partial charge is 0.298 e. The summed E-state index contributed by atoms with van der Waals surface area (Å²) < 4.78 is 92.4. The van der Waals surface area contributed by atoms with Crippen LogP contribution in [-0.4, -0.2) is 4.21 Å². The van der Waals surface area contributed by atoms with Gasteiger partial charge in [0, 0.05) is 5.56 Å². The van der Waals surface area contributed by atoms with Crippen molar-refractivity contribution in [3.05, 3.63) is 58.9 Å². The van der Waals surface area contributed by atoms with E-state index in [1.807, 2.05) is 4.72 Å². The van der Waals surface area contributed by atoms with Gasteiger partial charge in [-0.25, -0.2) is 17.4 Å². The maximum absolute atomic E-state index is 13.8. The van der Waals surface area contributed by atoms with Crippen LogP contribution in [0, 0.1) is 24.4 Å². The average Bonchev–Trinajstić information content (AvgIpc) is 2.47. The third kappa shape index (κ3) is 3.66. The standard InChI is InChI=1S/C14H9F6NOS/c1-7-9(15)4-5-11(13(7)17)21-23(22)12-6-8(14(18,19)20)2-3-10(12)16/h2-6,21H,1H3. The minimum absolute atomic E-state index is 0.364. The minimum Gasteiger partial charge on any atom is -0.298 e. The highest BCUT2D eigenvalue weighted by atomic mass is 32.2. The van der Waals surface area contributed by atoms with Crippen molar-refractivity contribution in [2.75, 3.05) is 4.72 Å². The molecular weight excluding hydrogens is 344 g/mol. The van der Waals surface area contributed by atoms with Gasteiger partial charge in [0.1, 0.15) is 11.6 Å². The summed E-state index contributed by atoms with van der Waals surface area (Å²) in [6.45, 7) is 1.13. The van der Waals surface area contributed by atoms with E-state index < -0.39 is 50.8 Å². The number of hydrogen-bond acceptors (Lipinski definition) is 1. The molecule has 2 aromatic carbocycles. The van der Waals surface area contributed by atoms with Gasteiger partial charge in [-0.15, -0.1) is 0 Å². The number of nitrogens with one attached hydrogen (secondary N) is 1. The van der Waals surface area contributed by atoms with Crippen molar-refractivity contribution in [2.45, 2.75) is 18.0 Å². The Morgan fingerprint density at radius 3 is 2.22 bits per heavy atom. The number of rotatable bonds is 3.